The van der Waals surface area contributed by atoms with Gasteiger partial charge in [0.15, 0.2) is 11.5 Å². The lowest BCUT2D eigenvalue weighted by Crippen LogP contribution is -2.60. The predicted octanol–water partition coefficient (Wildman–Crippen LogP) is 3.03. The lowest BCUT2D eigenvalue weighted by molar-refractivity contribution is -0.144. The van der Waals surface area contributed by atoms with Gasteiger partial charge in [0, 0.05) is 55.2 Å². The second kappa shape index (κ2) is 9.25. The smallest absolute Gasteiger partial charge is 0.260 e. The third-order valence-corrected chi connectivity index (χ3v) is 7.45. The second-order valence-electron chi connectivity index (χ2n) is 10.0. The van der Waals surface area contributed by atoms with Crippen molar-refractivity contribution in [3.05, 3.63) is 47.8 Å². The predicted molar refractivity (Wildman–Crippen MR) is 137 cm³/mol. The fraction of sp³-hybridized carbons (Fsp3) is 0.423. The van der Waals surface area contributed by atoms with Crippen LogP contribution in [0.15, 0.2) is 41.7 Å². The van der Waals surface area contributed by atoms with Crippen molar-refractivity contribution < 1.29 is 14.3 Å². The van der Waals surface area contributed by atoms with Crippen molar-refractivity contribution in [2.24, 2.45) is 16.3 Å². The zero-order valence-electron chi connectivity index (χ0n) is 20.8. The van der Waals surface area contributed by atoms with Gasteiger partial charge >= 0.3 is 0 Å². The summed E-state index contributed by atoms with van der Waals surface area (Å²) in [6, 6.07) is 7.11. The number of nitrogens with two attached hydrogens (primary N) is 1. The molecule has 1 saturated heterocycles. The number of imidazole rings is 1. The van der Waals surface area contributed by atoms with Crippen molar-refractivity contribution in [2.45, 2.75) is 39.2 Å². The third kappa shape index (κ3) is 4.38. The molecule has 0 radical (unpaired) electrons. The maximum Gasteiger partial charge on any atom is 0.260 e. The fourth-order valence-corrected chi connectivity index (χ4v) is 5.50. The first-order valence-corrected chi connectivity index (χ1v) is 12.1. The average Bonchev–Trinajstić information content (AvgIpc) is 3.24. The Balaban J connectivity index is 1.32. The maximum atomic E-state index is 13.2. The number of benzene rings is 1. The molecule has 1 aliphatic heterocycles. The summed E-state index contributed by atoms with van der Waals surface area (Å²) in [7, 11) is 1.50. The number of carbonyl (C=O) groups excluding carboxylic acids is 2. The molecule has 188 valence electrons. The van der Waals surface area contributed by atoms with Crippen LogP contribution in [-0.2, 0) is 4.79 Å². The Morgan fingerprint density at radius 1 is 1.33 bits per heavy atom. The number of aliphatic imine (C=N–C) groups is 1. The average molecular weight is 490 g/mol. The van der Waals surface area contributed by atoms with Gasteiger partial charge in [0.2, 0.25) is 5.91 Å². The zero-order valence-corrected chi connectivity index (χ0v) is 20.8. The number of nitrogens with one attached hydrogen (secondary N) is 1. The minimum Gasteiger partial charge on any atom is -0.496 e. The number of methoxy groups -OCH3 is 1. The quantitative estimate of drug-likeness (QED) is 0.419. The number of fused-ring (bicyclic) bond motifs is 1. The zero-order chi connectivity index (χ0) is 25.4. The number of ether oxygens (including phenoxy) is 1. The van der Waals surface area contributed by atoms with Crippen LogP contribution < -0.4 is 15.8 Å². The van der Waals surface area contributed by atoms with Crippen LogP contribution in [0.5, 0.6) is 5.75 Å². The van der Waals surface area contributed by atoms with E-state index in [-0.39, 0.29) is 23.3 Å². The Kier molecular flexibility index (Phi) is 6.11. The monoisotopic (exact) mass is 489 g/mol. The Bertz CT molecular complexity index is 1340. The number of anilines is 2. The van der Waals surface area contributed by atoms with Crippen LogP contribution in [0.25, 0.3) is 5.65 Å². The van der Waals surface area contributed by atoms with E-state index in [9.17, 15) is 9.59 Å². The molecular weight excluding hydrogens is 458 g/mol. The van der Waals surface area contributed by atoms with E-state index in [0.717, 1.165) is 32.4 Å². The molecule has 10 nitrogen and oxygen atoms in total. The number of likely N-dealkylation sites (tertiary alicyclic amines) is 1. The van der Waals surface area contributed by atoms with Crippen molar-refractivity contribution in [3.63, 3.8) is 0 Å². The summed E-state index contributed by atoms with van der Waals surface area (Å²) in [4.78, 5) is 35.8. The summed E-state index contributed by atoms with van der Waals surface area (Å²) < 4.78 is 6.99. The van der Waals surface area contributed by atoms with Crippen molar-refractivity contribution in [2.75, 3.05) is 31.2 Å². The molecule has 0 bridgehead atoms. The van der Waals surface area contributed by atoms with Crippen molar-refractivity contribution in [1.82, 2.24) is 19.5 Å². The van der Waals surface area contributed by atoms with E-state index >= 15 is 0 Å². The molecule has 3 heterocycles. The summed E-state index contributed by atoms with van der Waals surface area (Å²) in [5.74, 6) is 1.02. The van der Waals surface area contributed by atoms with Gasteiger partial charge in [0.05, 0.1) is 24.9 Å². The molecule has 1 saturated carbocycles. The standard InChI is InChI=1S/C26H31N7O3/c1-16-11-26(14-32(15-26)17(2)34)7-6-21(16)28-12-18-9-19(22(36-3)10-20(18)27)25(35)31-24-13-29-23-5-4-8-30-33(23)24/h4-5,8-10,12-13,16,21H,6-7,11,14-15,27H2,1-3H3,(H,31,35). The fourth-order valence-electron chi connectivity index (χ4n) is 5.50. The number of hydrogen-bond acceptors (Lipinski definition) is 7. The highest BCUT2D eigenvalue weighted by molar-refractivity contribution is 6.07. The highest BCUT2D eigenvalue weighted by Crippen LogP contribution is 2.46. The summed E-state index contributed by atoms with van der Waals surface area (Å²) in [5.41, 5.74) is 8.64. The first-order valence-electron chi connectivity index (χ1n) is 12.1. The Labute approximate surface area is 209 Å². The maximum absolute atomic E-state index is 13.2. The summed E-state index contributed by atoms with van der Waals surface area (Å²) in [6.07, 6.45) is 8.03. The Morgan fingerprint density at radius 3 is 2.86 bits per heavy atom. The van der Waals surface area contributed by atoms with Crippen LogP contribution in [0.2, 0.25) is 0 Å². The third-order valence-electron chi connectivity index (χ3n) is 7.45. The molecule has 2 atom stereocenters. The highest BCUT2D eigenvalue weighted by Gasteiger charge is 2.48. The molecule has 10 heteroatoms. The van der Waals surface area contributed by atoms with Gasteiger partial charge in [-0.25, -0.2) is 4.98 Å². The minimum absolute atomic E-state index is 0.154. The van der Waals surface area contributed by atoms with Crippen LogP contribution in [0.3, 0.4) is 0 Å². The highest BCUT2D eigenvalue weighted by atomic mass is 16.5. The summed E-state index contributed by atoms with van der Waals surface area (Å²) in [5, 5.41) is 7.09. The molecule has 5 rings (SSSR count). The van der Waals surface area contributed by atoms with Crippen LogP contribution in [0, 0.1) is 11.3 Å². The lowest BCUT2D eigenvalue weighted by atomic mass is 9.64. The topological polar surface area (TPSA) is 127 Å². The Hall–Kier alpha value is -3.95. The molecule has 1 spiro atoms. The largest absolute Gasteiger partial charge is 0.496 e. The normalized spacial score (nSPS) is 21.0. The number of rotatable bonds is 5. The molecule has 2 amide bonds. The van der Waals surface area contributed by atoms with Gasteiger partial charge < -0.3 is 20.7 Å². The first kappa shape index (κ1) is 23.8. The molecule has 2 unspecified atom stereocenters. The molecule has 36 heavy (non-hydrogen) atoms. The van der Waals surface area contributed by atoms with E-state index in [4.69, 9.17) is 15.5 Å². The van der Waals surface area contributed by atoms with E-state index in [1.165, 1.54) is 7.11 Å². The lowest BCUT2D eigenvalue weighted by Gasteiger charge is -2.54. The van der Waals surface area contributed by atoms with Crippen molar-refractivity contribution >= 4 is 35.2 Å². The van der Waals surface area contributed by atoms with Crippen LogP contribution in [-0.4, -0.2) is 63.8 Å². The summed E-state index contributed by atoms with van der Waals surface area (Å²) in [6.45, 7) is 5.57. The van der Waals surface area contributed by atoms with E-state index in [1.807, 2.05) is 4.90 Å². The number of aromatic nitrogens is 3. The van der Waals surface area contributed by atoms with E-state index in [2.05, 4.69) is 22.3 Å². The van der Waals surface area contributed by atoms with E-state index < -0.39 is 0 Å². The van der Waals surface area contributed by atoms with Gasteiger partial charge in [0.25, 0.3) is 5.91 Å². The number of nitrogens with zero attached hydrogens (tertiary/aromatic N) is 5. The van der Waals surface area contributed by atoms with Crippen LogP contribution >= 0.6 is 0 Å². The molecule has 1 aromatic carbocycles. The molecule has 2 aromatic heterocycles. The van der Waals surface area contributed by atoms with Gasteiger partial charge in [-0.1, -0.05) is 6.92 Å². The number of carbonyl (C=O) groups is 2. The van der Waals surface area contributed by atoms with Gasteiger partial charge in [-0.15, -0.1) is 0 Å². The minimum atomic E-state index is -0.359. The number of amides is 2. The number of nitrogen functional groups attached to an aromatic ring is 1. The molecule has 1 aliphatic carbocycles. The van der Waals surface area contributed by atoms with Crippen molar-refractivity contribution in [3.8, 4) is 5.75 Å². The van der Waals surface area contributed by atoms with Crippen LogP contribution in [0.4, 0.5) is 11.5 Å². The van der Waals surface area contributed by atoms with E-state index in [1.54, 1.807) is 54.3 Å². The SMILES string of the molecule is COc1cc(N)c(C=NC2CCC3(CC2C)CN(C(C)=O)C3)cc1C(=O)Nc1cnc2cccnn12. The summed E-state index contributed by atoms with van der Waals surface area (Å²) >= 11 is 0. The van der Waals surface area contributed by atoms with Crippen LogP contribution in [0.1, 0.15) is 49.0 Å². The molecular formula is C26H31N7O3. The molecule has 2 fully saturated rings. The van der Waals surface area contributed by atoms with E-state index in [0.29, 0.717) is 39.9 Å². The molecule has 3 aromatic rings. The number of hydrogen-bond donors (Lipinski definition) is 2. The van der Waals surface area contributed by atoms with Gasteiger partial charge in [0.1, 0.15) is 5.75 Å². The molecule has 3 N–H and O–H groups in total. The van der Waals surface area contributed by atoms with Crippen molar-refractivity contribution in [1.29, 1.82) is 0 Å². The first-order chi connectivity index (χ1) is 17.3. The molecule has 2 aliphatic rings. The Morgan fingerprint density at radius 2 is 2.14 bits per heavy atom. The second-order valence-corrected chi connectivity index (χ2v) is 10.0. The van der Waals surface area contributed by atoms with Gasteiger partial charge in [-0.05, 0) is 43.4 Å². The van der Waals surface area contributed by atoms with Gasteiger partial charge in [-0.3, -0.25) is 14.6 Å². The van der Waals surface area contributed by atoms with Gasteiger partial charge in [-0.2, -0.15) is 9.61 Å².